The van der Waals surface area contributed by atoms with E-state index in [1.54, 1.807) is 24.3 Å². The Labute approximate surface area is 80.2 Å². The van der Waals surface area contributed by atoms with Crippen molar-refractivity contribution >= 4 is 6.29 Å². The normalized spacial score (nSPS) is 10.0. The number of H-pyrrole nitrogens is 1. The molecule has 0 amide bonds. The molecule has 4 heteroatoms. The Hall–Kier alpha value is -2.10. The molecule has 70 valence electrons. The second kappa shape index (κ2) is 3.33. The number of rotatable bonds is 2. The van der Waals surface area contributed by atoms with Gasteiger partial charge in [-0.3, -0.25) is 9.89 Å². The van der Waals surface area contributed by atoms with Crippen molar-refractivity contribution in [2.45, 2.75) is 0 Å². The highest BCUT2D eigenvalue weighted by Gasteiger charge is 2.09. The average molecular weight is 188 g/mol. The van der Waals surface area contributed by atoms with Crippen molar-refractivity contribution in [3.05, 3.63) is 36.2 Å². The van der Waals surface area contributed by atoms with Crippen molar-refractivity contribution in [1.29, 1.82) is 0 Å². The molecule has 2 N–H and O–H groups in total. The van der Waals surface area contributed by atoms with Crippen molar-refractivity contribution in [2.24, 2.45) is 0 Å². The SMILES string of the molecule is O=Cc1[nH]ncc1-c1ccccc1O. The minimum Gasteiger partial charge on any atom is -0.507 e. The predicted molar refractivity (Wildman–Crippen MR) is 51.1 cm³/mol. The number of nitrogens with zero attached hydrogens (tertiary/aromatic N) is 1. The van der Waals surface area contributed by atoms with Gasteiger partial charge in [0.2, 0.25) is 0 Å². The van der Waals surface area contributed by atoms with Crippen molar-refractivity contribution in [2.75, 3.05) is 0 Å². The zero-order chi connectivity index (χ0) is 9.97. The second-order valence-electron chi connectivity index (χ2n) is 2.83. The molecule has 0 unspecified atom stereocenters. The molecular weight excluding hydrogens is 180 g/mol. The first-order valence-electron chi connectivity index (χ1n) is 4.10. The standard InChI is InChI=1S/C10H8N2O2/c13-6-9-8(5-11-12-9)7-3-1-2-4-10(7)14/h1-6,14H,(H,11,12). The molecule has 0 spiro atoms. The first-order valence-corrected chi connectivity index (χ1v) is 4.10. The zero-order valence-corrected chi connectivity index (χ0v) is 7.27. The van der Waals surface area contributed by atoms with E-state index in [0.717, 1.165) is 0 Å². The Balaban J connectivity index is 2.60. The molecule has 0 saturated heterocycles. The smallest absolute Gasteiger partial charge is 0.168 e. The van der Waals surface area contributed by atoms with E-state index in [2.05, 4.69) is 10.2 Å². The number of aromatic amines is 1. The van der Waals surface area contributed by atoms with Crippen LogP contribution in [0.15, 0.2) is 30.5 Å². The Bertz CT molecular complexity index is 463. The molecule has 0 atom stereocenters. The van der Waals surface area contributed by atoms with Crippen LogP contribution in [0.5, 0.6) is 5.75 Å². The summed E-state index contributed by atoms with van der Waals surface area (Å²) in [6, 6.07) is 6.81. The molecule has 0 aliphatic heterocycles. The molecule has 2 aromatic rings. The van der Waals surface area contributed by atoms with Gasteiger partial charge in [-0.2, -0.15) is 5.10 Å². The summed E-state index contributed by atoms with van der Waals surface area (Å²) in [4.78, 5) is 10.6. The fraction of sp³-hybridized carbons (Fsp3) is 0. The molecule has 0 saturated carbocycles. The number of benzene rings is 1. The molecule has 14 heavy (non-hydrogen) atoms. The number of phenolic OH excluding ortho intramolecular Hbond substituents is 1. The number of nitrogens with one attached hydrogen (secondary N) is 1. The van der Waals surface area contributed by atoms with Gasteiger partial charge in [-0.05, 0) is 6.07 Å². The number of aldehydes is 1. The van der Waals surface area contributed by atoms with Gasteiger partial charge in [0.25, 0.3) is 0 Å². The van der Waals surface area contributed by atoms with E-state index < -0.39 is 0 Å². The Morgan fingerprint density at radius 2 is 2.07 bits per heavy atom. The van der Waals surface area contributed by atoms with E-state index in [4.69, 9.17) is 0 Å². The van der Waals surface area contributed by atoms with Gasteiger partial charge in [-0.1, -0.05) is 18.2 Å². The van der Waals surface area contributed by atoms with Crippen LogP contribution in [-0.4, -0.2) is 21.6 Å². The predicted octanol–water partition coefficient (Wildman–Crippen LogP) is 1.59. The fourth-order valence-corrected chi connectivity index (χ4v) is 1.30. The van der Waals surface area contributed by atoms with Crippen LogP contribution in [0, 0.1) is 0 Å². The van der Waals surface area contributed by atoms with Crippen molar-refractivity contribution in [1.82, 2.24) is 10.2 Å². The highest BCUT2D eigenvalue weighted by Crippen LogP contribution is 2.29. The van der Waals surface area contributed by atoms with E-state index in [1.165, 1.54) is 6.20 Å². The fourth-order valence-electron chi connectivity index (χ4n) is 1.30. The lowest BCUT2D eigenvalue weighted by atomic mass is 10.1. The first kappa shape index (κ1) is 8.50. The monoisotopic (exact) mass is 188 g/mol. The van der Waals surface area contributed by atoms with Gasteiger partial charge in [0.05, 0.1) is 6.20 Å². The highest BCUT2D eigenvalue weighted by molar-refractivity contribution is 5.86. The molecular formula is C10H8N2O2. The van der Waals surface area contributed by atoms with Crippen molar-refractivity contribution in [3.63, 3.8) is 0 Å². The van der Waals surface area contributed by atoms with Gasteiger partial charge >= 0.3 is 0 Å². The van der Waals surface area contributed by atoms with Gasteiger partial charge in [0.1, 0.15) is 11.4 Å². The topological polar surface area (TPSA) is 66.0 Å². The summed E-state index contributed by atoms with van der Waals surface area (Å²) in [7, 11) is 0. The maximum atomic E-state index is 10.6. The quantitative estimate of drug-likeness (QED) is 0.703. The zero-order valence-electron chi connectivity index (χ0n) is 7.27. The van der Waals surface area contributed by atoms with Crippen LogP contribution in [0.4, 0.5) is 0 Å². The molecule has 1 aromatic carbocycles. The van der Waals surface area contributed by atoms with E-state index in [-0.39, 0.29) is 5.75 Å². The van der Waals surface area contributed by atoms with Gasteiger partial charge in [0.15, 0.2) is 6.29 Å². The number of aromatic hydroxyl groups is 1. The number of aromatic nitrogens is 2. The van der Waals surface area contributed by atoms with Gasteiger partial charge in [-0.15, -0.1) is 0 Å². The van der Waals surface area contributed by atoms with Crippen molar-refractivity contribution in [3.8, 4) is 16.9 Å². The third kappa shape index (κ3) is 1.26. The van der Waals surface area contributed by atoms with Crippen LogP contribution in [0.2, 0.25) is 0 Å². The molecule has 2 rings (SSSR count). The van der Waals surface area contributed by atoms with Crippen LogP contribution in [0.1, 0.15) is 10.5 Å². The molecule has 0 aliphatic rings. The summed E-state index contributed by atoms with van der Waals surface area (Å²) >= 11 is 0. The number of hydrogen-bond donors (Lipinski definition) is 2. The molecule has 4 nitrogen and oxygen atoms in total. The lowest BCUT2D eigenvalue weighted by Gasteiger charge is -2.00. The molecule has 1 aromatic heterocycles. The largest absolute Gasteiger partial charge is 0.507 e. The molecule has 0 fully saturated rings. The Kier molecular flexibility index (Phi) is 2.02. The minimum atomic E-state index is 0.136. The Morgan fingerprint density at radius 1 is 1.29 bits per heavy atom. The van der Waals surface area contributed by atoms with Gasteiger partial charge in [0, 0.05) is 11.1 Å². The maximum Gasteiger partial charge on any atom is 0.168 e. The summed E-state index contributed by atoms with van der Waals surface area (Å²) in [5, 5.41) is 15.8. The molecule has 0 radical (unpaired) electrons. The number of para-hydroxylation sites is 1. The Morgan fingerprint density at radius 3 is 2.79 bits per heavy atom. The lowest BCUT2D eigenvalue weighted by Crippen LogP contribution is -1.84. The van der Waals surface area contributed by atoms with E-state index in [9.17, 15) is 9.90 Å². The van der Waals surface area contributed by atoms with Crippen LogP contribution in [0.25, 0.3) is 11.1 Å². The highest BCUT2D eigenvalue weighted by atomic mass is 16.3. The summed E-state index contributed by atoms with van der Waals surface area (Å²) < 4.78 is 0. The second-order valence-corrected chi connectivity index (χ2v) is 2.83. The summed E-state index contributed by atoms with van der Waals surface area (Å²) in [6.45, 7) is 0. The summed E-state index contributed by atoms with van der Waals surface area (Å²) in [5.41, 5.74) is 1.58. The van der Waals surface area contributed by atoms with Crippen LogP contribution in [-0.2, 0) is 0 Å². The number of carbonyl (C=O) groups is 1. The summed E-state index contributed by atoms with van der Waals surface area (Å²) in [5.74, 6) is 0.136. The first-order chi connectivity index (χ1) is 6.83. The van der Waals surface area contributed by atoms with E-state index in [1.807, 2.05) is 0 Å². The third-order valence-electron chi connectivity index (χ3n) is 1.98. The van der Waals surface area contributed by atoms with Crippen LogP contribution < -0.4 is 0 Å². The van der Waals surface area contributed by atoms with Crippen LogP contribution >= 0.6 is 0 Å². The van der Waals surface area contributed by atoms with E-state index >= 15 is 0 Å². The van der Waals surface area contributed by atoms with E-state index in [0.29, 0.717) is 23.1 Å². The van der Waals surface area contributed by atoms with Crippen LogP contribution in [0.3, 0.4) is 0 Å². The third-order valence-corrected chi connectivity index (χ3v) is 1.98. The summed E-state index contributed by atoms with van der Waals surface area (Å²) in [6.07, 6.45) is 2.19. The average Bonchev–Trinajstić information content (AvgIpc) is 2.66. The minimum absolute atomic E-state index is 0.136. The lowest BCUT2D eigenvalue weighted by molar-refractivity contribution is 0.111. The number of hydrogen-bond acceptors (Lipinski definition) is 3. The van der Waals surface area contributed by atoms with Gasteiger partial charge in [-0.25, -0.2) is 0 Å². The number of carbonyl (C=O) groups excluding carboxylic acids is 1. The molecule has 0 aliphatic carbocycles. The van der Waals surface area contributed by atoms with Gasteiger partial charge < -0.3 is 5.11 Å². The maximum absolute atomic E-state index is 10.6. The van der Waals surface area contributed by atoms with Crippen molar-refractivity contribution < 1.29 is 9.90 Å². The number of phenols is 1. The molecule has 0 bridgehead atoms. The molecule has 1 heterocycles.